The molecule has 124 valence electrons. The van der Waals surface area contributed by atoms with E-state index >= 15 is 0 Å². The maximum absolute atomic E-state index is 12.8. The molecule has 2 atom stereocenters. The SMILES string of the molecule is C=C/C1=C2\C(=C/C)CC(C)N2C(=O)C(C)CC(C)(C)C1.CC. The maximum Gasteiger partial charge on any atom is 0.230 e. The molecule has 0 radical (unpaired) electrons. The van der Waals surface area contributed by atoms with Crippen LogP contribution < -0.4 is 0 Å². The first-order chi connectivity index (χ1) is 10.3. The number of amides is 1. The van der Waals surface area contributed by atoms with Crippen molar-refractivity contribution < 1.29 is 4.79 Å². The van der Waals surface area contributed by atoms with E-state index in [0.717, 1.165) is 25.0 Å². The van der Waals surface area contributed by atoms with Crippen LogP contribution in [0, 0.1) is 11.3 Å². The molecule has 0 saturated carbocycles. The van der Waals surface area contributed by atoms with Crippen LogP contribution >= 0.6 is 0 Å². The van der Waals surface area contributed by atoms with Crippen molar-refractivity contribution in [2.75, 3.05) is 0 Å². The summed E-state index contributed by atoms with van der Waals surface area (Å²) in [6, 6.07) is 0.266. The summed E-state index contributed by atoms with van der Waals surface area (Å²) in [5, 5.41) is 0. The van der Waals surface area contributed by atoms with E-state index in [1.165, 1.54) is 11.1 Å². The Morgan fingerprint density at radius 3 is 2.36 bits per heavy atom. The van der Waals surface area contributed by atoms with Crippen LogP contribution in [-0.2, 0) is 4.79 Å². The molecule has 2 nitrogen and oxygen atoms in total. The minimum Gasteiger partial charge on any atom is -0.309 e. The molecule has 0 bridgehead atoms. The number of carbonyl (C=O) groups excluding carboxylic acids is 1. The third kappa shape index (κ3) is 3.53. The van der Waals surface area contributed by atoms with Crippen LogP contribution in [-0.4, -0.2) is 16.8 Å². The Balaban J connectivity index is 0.00000116. The molecule has 1 saturated heterocycles. The molecule has 0 aliphatic carbocycles. The fourth-order valence-electron chi connectivity index (χ4n) is 3.82. The standard InChI is InChI=1S/C18H27NO.C2H6/c1-7-14-9-13(4)19-16(14)15(8-2)11-18(5,6)10-12(3)17(19)20;1-2/h7-8,12-13H,2,9-11H2,1,3-6H3;1-2H3/b14-7-,16-15-;. The number of allylic oxidation sites excluding steroid dienone is 4. The first-order valence-electron chi connectivity index (χ1n) is 8.65. The van der Waals surface area contributed by atoms with E-state index in [2.05, 4.69) is 47.3 Å². The van der Waals surface area contributed by atoms with Crippen molar-refractivity contribution in [3.63, 3.8) is 0 Å². The number of carbonyl (C=O) groups is 1. The van der Waals surface area contributed by atoms with Gasteiger partial charge in [-0.3, -0.25) is 4.79 Å². The summed E-state index contributed by atoms with van der Waals surface area (Å²) in [5.74, 6) is 0.362. The molecule has 1 amide bonds. The first-order valence-corrected chi connectivity index (χ1v) is 8.65. The molecule has 2 unspecified atom stereocenters. The predicted molar refractivity (Wildman–Crippen MR) is 95.4 cm³/mol. The van der Waals surface area contributed by atoms with E-state index in [0.29, 0.717) is 0 Å². The minimum atomic E-state index is 0.0880. The summed E-state index contributed by atoms with van der Waals surface area (Å²) in [6.45, 7) is 18.8. The topological polar surface area (TPSA) is 20.3 Å². The van der Waals surface area contributed by atoms with Crippen LogP contribution in [0.1, 0.15) is 67.7 Å². The molecule has 0 spiro atoms. The zero-order chi connectivity index (χ0) is 17.1. The van der Waals surface area contributed by atoms with Crippen LogP contribution in [0.25, 0.3) is 0 Å². The molecule has 0 aromatic carbocycles. The highest BCUT2D eigenvalue weighted by molar-refractivity contribution is 5.83. The summed E-state index contributed by atoms with van der Waals surface area (Å²) >= 11 is 0. The summed E-state index contributed by atoms with van der Waals surface area (Å²) in [4.78, 5) is 14.9. The van der Waals surface area contributed by atoms with Crippen molar-refractivity contribution in [2.24, 2.45) is 11.3 Å². The quantitative estimate of drug-likeness (QED) is 0.628. The van der Waals surface area contributed by atoms with Crippen molar-refractivity contribution in [3.05, 3.63) is 35.6 Å². The van der Waals surface area contributed by atoms with E-state index in [9.17, 15) is 4.79 Å². The van der Waals surface area contributed by atoms with Crippen LogP contribution in [0.3, 0.4) is 0 Å². The highest BCUT2D eigenvalue weighted by Crippen LogP contribution is 2.44. The van der Waals surface area contributed by atoms with Gasteiger partial charge in [0.25, 0.3) is 0 Å². The zero-order valence-corrected chi connectivity index (χ0v) is 15.5. The van der Waals surface area contributed by atoms with Crippen LogP contribution in [0.15, 0.2) is 35.6 Å². The maximum atomic E-state index is 12.8. The minimum absolute atomic E-state index is 0.0880. The second-order valence-electron chi connectivity index (χ2n) is 7.10. The van der Waals surface area contributed by atoms with E-state index in [1.54, 1.807) is 0 Å². The summed E-state index contributed by atoms with van der Waals surface area (Å²) in [5.41, 5.74) is 3.81. The molecule has 2 aliphatic rings. The molecule has 2 rings (SSSR count). The van der Waals surface area contributed by atoms with Gasteiger partial charge in [0.15, 0.2) is 0 Å². The lowest BCUT2D eigenvalue weighted by molar-refractivity contribution is -0.135. The monoisotopic (exact) mass is 303 g/mol. The smallest absolute Gasteiger partial charge is 0.230 e. The van der Waals surface area contributed by atoms with Gasteiger partial charge in [-0.05, 0) is 49.7 Å². The Bertz CT molecular complexity index is 496. The lowest BCUT2D eigenvalue weighted by Gasteiger charge is -2.36. The molecular weight excluding hydrogens is 270 g/mol. The average molecular weight is 303 g/mol. The number of fused-ring (bicyclic) bond motifs is 1. The highest BCUT2D eigenvalue weighted by atomic mass is 16.2. The van der Waals surface area contributed by atoms with Gasteiger partial charge in [-0.25, -0.2) is 0 Å². The van der Waals surface area contributed by atoms with Gasteiger partial charge >= 0.3 is 0 Å². The van der Waals surface area contributed by atoms with Crippen LogP contribution in [0.5, 0.6) is 0 Å². The number of hydrogen-bond acceptors (Lipinski definition) is 1. The van der Waals surface area contributed by atoms with Crippen molar-refractivity contribution in [1.82, 2.24) is 4.90 Å². The summed E-state index contributed by atoms with van der Waals surface area (Å²) < 4.78 is 0. The van der Waals surface area contributed by atoms with Gasteiger partial charge in [0.1, 0.15) is 0 Å². The lowest BCUT2D eigenvalue weighted by Crippen LogP contribution is -2.40. The average Bonchev–Trinajstić information content (AvgIpc) is 2.81. The molecule has 2 heteroatoms. The third-order valence-electron chi connectivity index (χ3n) is 4.59. The number of nitrogens with zero attached hydrogens (tertiary/aromatic N) is 1. The highest BCUT2D eigenvalue weighted by Gasteiger charge is 2.40. The predicted octanol–water partition coefficient (Wildman–Crippen LogP) is 5.48. The Morgan fingerprint density at radius 2 is 1.86 bits per heavy atom. The van der Waals surface area contributed by atoms with Gasteiger partial charge in [-0.2, -0.15) is 0 Å². The second-order valence-corrected chi connectivity index (χ2v) is 7.10. The lowest BCUT2D eigenvalue weighted by atomic mass is 9.76. The van der Waals surface area contributed by atoms with Gasteiger partial charge in [0, 0.05) is 12.0 Å². The Kier molecular flexibility index (Phi) is 6.22. The molecule has 22 heavy (non-hydrogen) atoms. The van der Waals surface area contributed by atoms with E-state index in [4.69, 9.17) is 0 Å². The summed E-state index contributed by atoms with van der Waals surface area (Å²) in [6.07, 6.45) is 6.99. The molecule has 0 N–H and O–H groups in total. The molecule has 1 fully saturated rings. The van der Waals surface area contributed by atoms with Crippen molar-refractivity contribution >= 4 is 5.91 Å². The zero-order valence-electron chi connectivity index (χ0n) is 15.5. The Hall–Kier alpha value is -1.31. The number of rotatable bonds is 1. The molecule has 2 aliphatic heterocycles. The molecule has 0 aromatic heterocycles. The fourth-order valence-corrected chi connectivity index (χ4v) is 3.82. The fraction of sp³-hybridized carbons (Fsp3) is 0.650. The normalized spacial score (nSPS) is 32.8. The summed E-state index contributed by atoms with van der Waals surface area (Å²) in [7, 11) is 0. The molecule has 0 aromatic rings. The Labute approximate surface area is 137 Å². The largest absolute Gasteiger partial charge is 0.309 e. The van der Waals surface area contributed by atoms with E-state index in [-0.39, 0.29) is 23.3 Å². The van der Waals surface area contributed by atoms with Crippen molar-refractivity contribution in [2.45, 2.75) is 73.8 Å². The van der Waals surface area contributed by atoms with Crippen molar-refractivity contribution in [3.8, 4) is 0 Å². The van der Waals surface area contributed by atoms with Crippen LogP contribution in [0.2, 0.25) is 0 Å². The van der Waals surface area contributed by atoms with Gasteiger partial charge in [-0.15, -0.1) is 0 Å². The van der Waals surface area contributed by atoms with Gasteiger partial charge in [0.05, 0.1) is 5.70 Å². The van der Waals surface area contributed by atoms with E-state index < -0.39 is 0 Å². The van der Waals surface area contributed by atoms with Gasteiger partial charge in [-0.1, -0.05) is 53.3 Å². The Morgan fingerprint density at radius 1 is 1.27 bits per heavy atom. The van der Waals surface area contributed by atoms with E-state index in [1.807, 2.05) is 24.8 Å². The van der Waals surface area contributed by atoms with Gasteiger partial charge in [0.2, 0.25) is 5.91 Å². The van der Waals surface area contributed by atoms with Gasteiger partial charge < -0.3 is 4.90 Å². The molecule has 2 heterocycles. The number of hydrogen-bond donors (Lipinski definition) is 0. The second kappa shape index (κ2) is 7.30. The first kappa shape index (κ1) is 18.7. The molecular formula is C20H33NO. The third-order valence-corrected chi connectivity index (χ3v) is 4.59. The van der Waals surface area contributed by atoms with Crippen molar-refractivity contribution in [1.29, 1.82) is 0 Å². The van der Waals surface area contributed by atoms with Crippen LogP contribution in [0.4, 0.5) is 0 Å².